The summed E-state index contributed by atoms with van der Waals surface area (Å²) >= 11 is 0. The van der Waals surface area contributed by atoms with Gasteiger partial charge in [-0.05, 0) is 30.9 Å². The molecule has 0 atom stereocenters. The van der Waals surface area contributed by atoms with Crippen molar-refractivity contribution in [3.05, 3.63) is 58.4 Å². The molecule has 2 aromatic rings. The molecule has 6 heteroatoms. The largest absolute Gasteiger partial charge is 0.352 e. The second-order valence-corrected chi connectivity index (χ2v) is 6.20. The topological polar surface area (TPSA) is 55.2 Å². The fourth-order valence-electron chi connectivity index (χ4n) is 3.11. The Balaban J connectivity index is 1.61. The van der Waals surface area contributed by atoms with Crippen molar-refractivity contribution in [2.24, 2.45) is 13.0 Å². The van der Waals surface area contributed by atoms with Gasteiger partial charge in [-0.15, -0.1) is 0 Å². The molecule has 1 aliphatic rings. The predicted octanol–water partition coefficient (Wildman–Crippen LogP) is 2.41. The summed E-state index contributed by atoms with van der Waals surface area (Å²) in [6, 6.07) is 6.10. The molecule has 0 N–H and O–H groups in total. The number of halogens is 1. The lowest BCUT2D eigenvalue weighted by molar-refractivity contribution is 0.0950. The van der Waals surface area contributed by atoms with Crippen molar-refractivity contribution < 1.29 is 9.18 Å². The minimum absolute atomic E-state index is 0.113. The molecule has 0 saturated carbocycles. The minimum atomic E-state index is -0.461. The lowest BCUT2D eigenvalue weighted by atomic mass is 9.89. The number of hydrogen-bond acceptors (Lipinski definition) is 4. The fraction of sp³-hybridized carbons (Fsp3) is 0.389. The number of aryl methyl sites for hydroxylation is 1. The molecule has 0 radical (unpaired) electrons. The van der Waals surface area contributed by atoms with Gasteiger partial charge in [0.25, 0.3) is 5.56 Å². The van der Waals surface area contributed by atoms with E-state index in [1.807, 2.05) is 4.90 Å². The first kappa shape index (κ1) is 16.4. The van der Waals surface area contributed by atoms with E-state index < -0.39 is 5.82 Å². The van der Waals surface area contributed by atoms with Crippen LogP contribution in [-0.4, -0.2) is 28.4 Å². The summed E-state index contributed by atoms with van der Waals surface area (Å²) in [6.45, 7) is 1.36. The number of hydrogen-bond donors (Lipinski definition) is 0. The highest BCUT2D eigenvalue weighted by molar-refractivity contribution is 5.96. The molecule has 5 nitrogen and oxygen atoms in total. The van der Waals surface area contributed by atoms with Gasteiger partial charge in [-0.1, -0.05) is 12.1 Å². The van der Waals surface area contributed by atoms with E-state index in [1.165, 1.54) is 16.7 Å². The van der Waals surface area contributed by atoms with Crippen molar-refractivity contribution in [3.63, 3.8) is 0 Å². The molecule has 0 amide bonds. The summed E-state index contributed by atoms with van der Waals surface area (Å²) in [5, 5.41) is 0. The Bertz CT molecular complexity index is 795. The molecule has 126 valence electrons. The lowest BCUT2D eigenvalue weighted by Gasteiger charge is -2.32. The lowest BCUT2D eigenvalue weighted by Crippen LogP contribution is -2.39. The summed E-state index contributed by atoms with van der Waals surface area (Å²) in [7, 11) is 1.70. The van der Waals surface area contributed by atoms with E-state index in [0.717, 1.165) is 12.8 Å². The van der Waals surface area contributed by atoms with Crippen LogP contribution >= 0.6 is 0 Å². The zero-order valence-corrected chi connectivity index (χ0v) is 13.6. The smallest absolute Gasteiger partial charge is 0.293 e. The predicted molar refractivity (Wildman–Crippen MR) is 89.8 cm³/mol. The van der Waals surface area contributed by atoms with Crippen molar-refractivity contribution in [1.82, 2.24) is 9.55 Å². The Morgan fingerprint density at radius 1 is 1.29 bits per heavy atom. The zero-order valence-electron chi connectivity index (χ0n) is 13.6. The number of aromatic nitrogens is 2. The van der Waals surface area contributed by atoms with Crippen molar-refractivity contribution >= 4 is 11.6 Å². The van der Waals surface area contributed by atoms with Crippen molar-refractivity contribution in [1.29, 1.82) is 0 Å². The van der Waals surface area contributed by atoms with Gasteiger partial charge in [-0.2, -0.15) is 0 Å². The van der Waals surface area contributed by atoms with Crippen molar-refractivity contribution in [2.75, 3.05) is 18.0 Å². The summed E-state index contributed by atoms with van der Waals surface area (Å²) in [6.07, 6.45) is 5.17. The molecule has 2 heterocycles. The van der Waals surface area contributed by atoms with Gasteiger partial charge in [0.1, 0.15) is 5.82 Å². The van der Waals surface area contributed by atoms with Crippen LogP contribution in [0.5, 0.6) is 0 Å². The number of benzene rings is 1. The van der Waals surface area contributed by atoms with Gasteiger partial charge in [0, 0.05) is 39.0 Å². The molecule has 1 fully saturated rings. The Kier molecular flexibility index (Phi) is 4.74. The molecule has 1 aromatic heterocycles. The molecule has 24 heavy (non-hydrogen) atoms. The van der Waals surface area contributed by atoms with Crippen LogP contribution in [0.15, 0.2) is 41.5 Å². The first-order valence-electron chi connectivity index (χ1n) is 8.10. The molecule has 0 bridgehead atoms. The van der Waals surface area contributed by atoms with E-state index in [1.54, 1.807) is 31.6 Å². The van der Waals surface area contributed by atoms with Crippen LogP contribution in [0.2, 0.25) is 0 Å². The molecular weight excluding hydrogens is 309 g/mol. The minimum Gasteiger partial charge on any atom is -0.352 e. The number of piperidine rings is 1. The standard InChI is InChI=1S/C18H20FN3O2/c1-21-11-8-20-17(18(21)24)22-9-6-13(7-10-22)12-16(23)14-4-2-3-5-15(14)19/h2-5,8,11,13H,6-7,9-10,12H2,1H3. The quantitative estimate of drug-likeness (QED) is 0.808. The van der Waals surface area contributed by atoms with E-state index in [2.05, 4.69) is 4.98 Å². The van der Waals surface area contributed by atoms with Crippen LogP contribution in [0, 0.1) is 11.7 Å². The number of ketones is 1. The van der Waals surface area contributed by atoms with Gasteiger partial charge in [-0.25, -0.2) is 9.37 Å². The van der Waals surface area contributed by atoms with Crippen LogP contribution in [0.25, 0.3) is 0 Å². The molecular formula is C18H20FN3O2. The maximum atomic E-state index is 13.7. The van der Waals surface area contributed by atoms with E-state index in [-0.39, 0.29) is 22.8 Å². The van der Waals surface area contributed by atoms with Crippen LogP contribution in [0.3, 0.4) is 0 Å². The third-order valence-electron chi connectivity index (χ3n) is 4.56. The molecule has 1 saturated heterocycles. The van der Waals surface area contributed by atoms with Crippen molar-refractivity contribution in [3.8, 4) is 0 Å². The zero-order chi connectivity index (χ0) is 17.1. The number of nitrogens with zero attached hydrogens (tertiary/aromatic N) is 3. The Morgan fingerprint density at radius 3 is 2.71 bits per heavy atom. The molecule has 3 rings (SSSR count). The average molecular weight is 329 g/mol. The first-order valence-corrected chi connectivity index (χ1v) is 8.10. The highest BCUT2D eigenvalue weighted by atomic mass is 19.1. The Hall–Kier alpha value is -2.50. The van der Waals surface area contributed by atoms with Gasteiger partial charge in [0.15, 0.2) is 11.6 Å². The highest BCUT2D eigenvalue weighted by Crippen LogP contribution is 2.24. The second-order valence-electron chi connectivity index (χ2n) is 6.20. The van der Waals surface area contributed by atoms with Crippen LogP contribution in [0.1, 0.15) is 29.6 Å². The van der Waals surface area contributed by atoms with E-state index in [9.17, 15) is 14.0 Å². The van der Waals surface area contributed by atoms with Gasteiger partial charge in [-0.3, -0.25) is 9.59 Å². The SMILES string of the molecule is Cn1ccnc(N2CCC(CC(=O)c3ccccc3F)CC2)c1=O. The number of rotatable bonds is 4. The Labute approximate surface area is 139 Å². The molecule has 0 spiro atoms. The summed E-state index contributed by atoms with van der Waals surface area (Å²) in [4.78, 5) is 30.5. The van der Waals surface area contributed by atoms with Gasteiger partial charge in [0.05, 0.1) is 5.56 Å². The maximum absolute atomic E-state index is 13.7. The number of Topliss-reactive ketones (excluding diaryl/α,β-unsaturated/α-hetero) is 1. The summed E-state index contributed by atoms with van der Waals surface area (Å²) < 4.78 is 15.2. The molecule has 0 aliphatic carbocycles. The molecule has 0 unspecified atom stereocenters. The Morgan fingerprint density at radius 2 is 2.00 bits per heavy atom. The van der Waals surface area contributed by atoms with E-state index >= 15 is 0 Å². The highest BCUT2D eigenvalue weighted by Gasteiger charge is 2.25. The summed E-state index contributed by atoms with van der Waals surface area (Å²) in [5.74, 6) is 0.0528. The average Bonchev–Trinajstić information content (AvgIpc) is 2.58. The molecule has 1 aromatic carbocycles. The molecule has 1 aliphatic heterocycles. The van der Waals surface area contributed by atoms with Crippen LogP contribution in [-0.2, 0) is 7.05 Å². The summed E-state index contributed by atoms with van der Waals surface area (Å²) in [5.41, 5.74) is 0.0527. The van der Waals surface area contributed by atoms with Gasteiger partial charge >= 0.3 is 0 Å². The first-order chi connectivity index (χ1) is 11.6. The van der Waals surface area contributed by atoms with Gasteiger partial charge < -0.3 is 9.47 Å². The maximum Gasteiger partial charge on any atom is 0.293 e. The third kappa shape index (κ3) is 3.37. The number of carbonyl (C=O) groups is 1. The van der Waals surface area contributed by atoms with E-state index in [4.69, 9.17) is 0 Å². The normalized spacial score (nSPS) is 15.5. The third-order valence-corrected chi connectivity index (χ3v) is 4.56. The van der Waals surface area contributed by atoms with Crippen LogP contribution in [0.4, 0.5) is 10.2 Å². The van der Waals surface area contributed by atoms with Crippen LogP contribution < -0.4 is 10.5 Å². The number of carbonyl (C=O) groups excluding carboxylic acids is 1. The fourth-order valence-corrected chi connectivity index (χ4v) is 3.11. The van der Waals surface area contributed by atoms with Crippen molar-refractivity contribution in [2.45, 2.75) is 19.3 Å². The van der Waals surface area contributed by atoms with Gasteiger partial charge in [0.2, 0.25) is 0 Å². The number of anilines is 1. The monoisotopic (exact) mass is 329 g/mol. The van der Waals surface area contributed by atoms with E-state index in [0.29, 0.717) is 25.3 Å². The second kappa shape index (κ2) is 6.95.